The standard InChI is InChI=1S/C26H22BrClN4OS/c1-16-10-19(27)12-22(28)25(16)31-26-18(13-29)14-30-23-11-17(2-4-21(23)26)24-5-3-20(34-24)15-32-6-8-33-9-7-32/h2-5,10-12,14H,6-9,15H2,1H3,(H,30,31). The number of morpholine rings is 1. The Hall–Kier alpha value is -2.47. The van der Waals surface area contributed by atoms with Crippen LogP contribution in [-0.4, -0.2) is 36.2 Å². The maximum Gasteiger partial charge on any atom is 0.103 e. The first-order chi connectivity index (χ1) is 16.5. The Morgan fingerprint density at radius 1 is 1.18 bits per heavy atom. The number of aromatic nitrogens is 1. The van der Waals surface area contributed by atoms with Gasteiger partial charge in [-0.1, -0.05) is 39.7 Å². The highest BCUT2D eigenvalue weighted by molar-refractivity contribution is 9.10. The fraction of sp³-hybridized carbons (Fsp3) is 0.231. The number of ether oxygens (including phenoxy) is 1. The quantitative estimate of drug-likeness (QED) is 0.285. The molecule has 1 aliphatic rings. The van der Waals surface area contributed by atoms with Gasteiger partial charge >= 0.3 is 0 Å². The van der Waals surface area contributed by atoms with Gasteiger partial charge in [0.05, 0.1) is 40.7 Å². The van der Waals surface area contributed by atoms with Gasteiger partial charge in [0.2, 0.25) is 0 Å². The molecular weight excluding hydrogens is 532 g/mol. The third kappa shape index (κ3) is 4.83. The number of pyridine rings is 1. The fourth-order valence-corrected chi connectivity index (χ4v) is 6.21. The van der Waals surface area contributed by atoms with Gasteiger partial charge in [-0.25, -0.2) is 0 Å². The first kappa shape index (κ1) is 23.3. The molecule has 2 aromatic heterocycles. The lowest BCUT2D eigenvalue weighted by Gasteiger charge is -2.25. The Balaban J connectivity index is 1.48. The van der Waals surface area contributed by atoms with Gasteiger partial charge in [-0.2, -0.15) is 5.26 Å². The van der Waals surface area contributed by atoms with Gasteiger partial charge in [0.15, 0.2) is 0 Å². The van der Waals surface area contributed by atoms with Gasteiger partial charge in [-0.05, 0) is 48.4 Å². The average molecular weight is 554 g/mol. The van der Waals surface area contributed by atoms with E-state index in [9.17, 15) is 5.26 Å². The minimum atomic E-state index is 0.475. The smallest absolute Gasteiger partial charge is 0.103 e. The summed E-state index contributed by atoms with van der Waals surface area (Å²) in [6.07, 6.45) is 1.62. The number of nitriles is 1. The fourth-order valence-electron chi connectivity index (χ4n) is 4.15. The van der Waals surface area contributed by atoms with Crippen LogP contribution < -0.4 is 5.32 Å². The van der Waals surface area contributed by atoms with Gasteiger partial charge in [-0.15, -0.1) is 11.3 Å². The molecule has 0 aliphatic carbocycles. The Labute approximate surface area is 216 Å². The Bertz CT molecular complexity index is 1380. The molecule has 1 fully saturated rings. The third-order valence-electron chi connectivity index (χ3n) is 5.92. The van der Waals surface area contributed by atoms with E-state index in [2.05, 4.69) is 61.5 Å². The summed E-state index contributed by atoms with van der Waals surface area (Å²) in [7, 11) is 0. The molecule has 0 saturated carbocycles. The summed E-state index contributed by atoms with van der Waals surface area (Å²) < 4.78 is 6.37. The first-order valence-electron chi connectivity index (χ1n) is 11.0. The predicted molar refractivity (Wildman–Crippen MR) is 143 cm³/mol. The number of hydrogen-bond donors (Lipinski definition) is 1. The van der Waals surface area contributed by atoms with E-state index in [4.69, 9.17) is 16.3 Å². The van der Waals surface area contributed by atoms with E-state index in [0.717, 1.165) is 65.0 Å². The van der Waals surface area contributed by atoms with Crippen LogP contribution in [0, 0.1) is 18.3 Å². The van der Waals surface area contributed by atoms with E-state index in [1.807, 2.05) is 36.5 Å². The van der Waals surface area contributed by atoms with Crippen molar-refractivity contribution in [1.82, 2.24) is 9.88 Å². The number of rotatable bonds is 5. The van der Waals surface area contributed by atoms with Gasteiger partial charge in [-0.3, -0.25) is 9.88 Å². The summed E-state index contributed by atoms with van der Waals surface area (Å²) in [5.74, 6) is 0. The Morgan fingerprint density at radius 3 is 2.76 bits per heavy atom. The van der Waals surface area contributed by atoms with Crippen molar-refractivity contribution in [2.24, 2.45) is 0 Å². The van der Waals surface area contributed by atoms with E-state index in [-0.39, 0.29) is 0 Å². The zero-order valence-corrected chi connectivity index (χ0v) is 21.7. The molecule has 0 amide bonds. The van der Waals surface area contributed by atoms with Gasteiger partial charge in [0.1, 0.15) is 6.07 Å². The molecule has 1 aliphatic heterocycles. The van der Waals surface area contributed by atoms with E-state index >= 15 is 0 Å². The van der Waals surface area contributed by atoms with Crippen LogP contribution in [0.4, 0.5) is 11.4 Å². The predicted octanol–water partition coefficient (Wildman–Crippen LogP) is 7.14. The molecule has 5 rings (SSSR count). The van der Waals surface area contributed by atoms with Crippen molar-refractivity contribution in [3.8, 4) is 16.5 Å². The second-order valence-electron chi connectivity index (χ2n) is 8.25. The SMILES string of the molecule is Cc1cc(Br)cc(Cl)c1Nc1c(C#N)cnc2cc(-c3ccc(CN4CCOCC4)s3)ccc12. The number of hydrogen-bond acceptors (Lipinski definition) is 6. The van der Waals surface area contributed by atoms with E-state index < -0.39 is 0 Å². The zero-order valence-electron chi connectivity index (χ0n) is 18.6. The van der Waals surface area contributed by atoms with Crippen molar-refractivity contribution >= 4 is 61.1 Å². The largest absolute Gasteiger partial charge is 0.379 e. The van der Waals surface area contributed by atoms with Crippen molar-refractivity contribution in [3.05, 3.63) is 74.2 Å². The number of fused-ring (bicyclic) bond motifs is 1. The number of nitrogens with zero attached hydrogens (tertiary/aromatic N) is 3. The molecule has 3 heterocycles. The molecule has 5 nitrogen and oxygen atoms in total. The van der Waals surface area contributed by atoms with Gasteiger partial charge in [0, 0.05) is 45.4 Å². The number of halogens is 2. The van der Waals surface area contributed by atoms with Crippen molar-refractivity contribution in [2.45, 2.75) is 13.5 Å². The van der Waals surface area contributed by atoms with Gasteiger partial charge < -0.3 is 10.1 Å². The maximum atomic E-state index is 9.73. The van der Waals surface area contributed by atoms with Crippen molar-refractivity contribution in [1.29, 1.82) is 5.26 Å². The lowest BCUT2D eigenvalue weighted by atomic mass is 10.1. The highest BCUT2D eigenvalue weighted by Crippen LogP contribution is 2.37. The Morgan fingerprint density at radius 2 is 2.00 bits per heavy atom. The van der Waals surface area contributed by atoms with E-state index in [0.29, 0.717) is 16.3 Å². The van der Waals surface area contributed by atoms with Crippen LogP contribution in [0.2, 0.25) is 5.02 Å². The van der Waals surface area contributed by atoms with Crippen LogP contribution in [0.5, 0.6) is 0 Å². The normalized spacial score (nSPS) is 14.3. The van der Waals surface area contributed by atoms with E-state index in [1.165, 1.54) is 9.75 Å². The van der Waals surface area contributed by atoms with Gasteiger partial charge in [0.25, 0.3) is 0 Å². The van der Waals surface area contributed by atoms with Crippen LogP contribution >= 0.6 is 38.9 Å². The maximum absolute atomic E-state index is 9.73. The molecule has 0 unspecified atom stereocenters. The highest BCUT2D eigenvalue weighted by Gasteiger charge is 2.15. The minimum Gasteiger partial charge on any atom is -0.379 e. The van der Waals surface area contributed by atoms with Crippen LogP contribution in [0.25, 0.3) is 21.3 Å². The average Bonchev–Trinajstić information content (AvgIpc) is 3.30. The molecule has 172 valence electrons. The monoisotopic (exact) mass is 552 g/mol. The van der Waals surface area contributed by atoms with E-state index in [1.54, 1.807) is 6.20 Å². The van der Waals surface area contributed by atoms with Crippen LogP contribution in [0.15, 0.2) is 53.1 Å². The summed E-state index contributed by atoms with van der Waals surface area (Å²) >= 11 is 11.8. The summed E-state index contributed by atoms with van der Waals surface area (Å²) in [4.78, 5) is 9.55. The minimum absolute atomic E-state index is 0.475. The Kier molecular flexibility index (Phi) is 6.87. The van der Waals surface area contributed by atoms with Crippen molar-refractivity contribution in [2.75, 3.05) is 31.6 Å². The molecule has 1 N–H and O–H groups in total. The van der Waals surface area contributed by atoms with Crippen LogP contribution in [0.1, 0.15) is 16.0 Å². The molecule has 0 spiro atoms. The highest BCUT2D eigenvalue weighted by atomic mass is 79.9. The number of nitrogens with one attached hydrogen (secondary N) is 1. The third-order valence-corrected chi connectivity index (χ3v) is 7.80. The topological polar surface area (TPSA) is 61.2 Å². The molecule has 0 atom stereocenters. The number of thiophene rings is 1. The summed E-state index contributed by atoms with van der Waals surface area (Å²) in [5, 5.41) is 14.6. The molecular formula is C26H22BrClN4OS. The lowest BCUT2D eigenvalue weighted by Crippen LogP contribution is -2.35. The summed E-state index contributed by atoms with van der Waals surface area (Å²) in [6.45, 7) is 6.50. The molecule has 0 bridgehead atoms. The second kappa shape index (κ2) is 10.0. The number of anilines is 2. The molecule has 8 heteroatoms. The lowest BCUT2D eigenvalue weighted by molar-refractivity contribution is 0.0346. The first-order valence-corrected chi connectivity index (χ1v) is 13.0. The van der Waals surface area contributed by atoms with Crippen molar-refractivity contribution < 1.29 is 4.74 Å². The van der Waals surface area contributed by atoms with Crippen LogP contribution in [-0.2, 0) is 11.3 Å². The van der Waals surface area contributed by atoms with Crippen molar-refractivity contribution in [3.63, 3.8) is 0 Å². The molecule has 34 heavy (non-hydrogen) atoms. The molecule has 2 aromatic carbocycles. The zero-order chi connectivity index (χ0) is 23.7. The second-order valence-corrected chi connectivity index (χ2v) is 10.7. The number of benzene rings is 2. The summed E-state index contributed by atoms with van der Waals surface area (Å²) in [6, 6.07) is 16.7. The summed E-state index contributed by atoms with van der Waals surface area (Å²) in [5.41, 5.74) is 4.90. The number of aryl methyl sites for hydroxylation is 1. The molecule has 0 radical (unpaired) electrons. The molecule has 1 saturated heterocycles. The molecule has 4 aromatic rings. The van der Waals surface area contributed by atoms with Crippen LogP contribution in [0.3, 0.4) is 0 Å².